The van der Waals surface area contributed by atoms with E-state index in [1.807, 2.05) is 27.2 Å². The summed E-state index contributed by atoms with van der Waals surface area (Å²) in [7, 11) is 1.56. The SMILES string of the molecule is CCCC/C=C/C(O)C(COP(=O)(O)OCC[N+](C)(C)C)NC(=O)CCCCCCCCC/C=C\CCCCCCCC. The zero-order valence-corrected chi connectivity index (χ0v) is 29.3. The number of quaternary nitrogens is 1. The van der Waals surface area contributed by atoms with Crippen molar-refractivity contribution in [3.05, 3.63) is 24.3 Å². The number of carbonyl (C=O) groups excluding carboxylic acids is 1. The number of phosphoric acid groups is 1. The van der Waals surface area contributed by atoms with E-state index >= 15 is 0 Å². The molecule has 254 valence electrons. The van der Waals surface area contributed by atoms with Crippen LogP contribution in [0.15, 0.2) is 24.3 Å². The number of amides is 1. The van der Waals surface area contributed by atoms with Crippen molar-refractivity contribution in [2.24, 2.45) is 0 Å². The number of allylic oxidation sites excluding steroid dienone is 3. The summed E-state index contributed by atoms with van der Waals surface area (Å²) in [5.74, 6) is -0.193. The van der Waals surface area contributed by atoms with Crippen LogP contribution >= 0.6 is 7.82 Å². The molecule has 0 aromatic carbocycles. The Labute approximate surface area is 264 Å². The highest BCUT2D eigenvalue weighted by Gasteiger charge is 2.27. The number of hydrogen-bond acceptors (Lipinski definition) is 5. The second-order valence-corrected chi connectivity index (χ2v) is 14.3. The van der Waals surface area contributed by atoms with Crippen molar-refractivity contribution in [1.29, 1.82) is 0 Å². The van der Waals surface area contributed by atoms with Gasteiger partial charge in [-0.25, -0.2) is 4.57 Å². The van der Waals surface area contributed by atoms with Crippen molar-refractivity contribution < 1.29 is 32.9 Å². The van der Waals surface area contributed by atoms with E-state index in [0.29, 0.717) is 17.4 Å². The molecule has 3 N–H and O–H groups in total. The summed E-state index contributed by atoms with van der Waals surface area (Å²) in [5.41, 5.74) is 0. The molecule has 0 saturated carbocycles. The number of hydrogen-bond donors (Lipinski definition) is 3. The van der Waals surface area contributed by atoms with E-state index in [2.05, 4.69) is 31.3 Å². The molecule has 0 saturated heterocycles. The molecule has 43 heavy (non-hydrogen) atoms. The first-order chi connectivity index (χ1) is 20.5. The Morgan fingerprint density at radius 2 is 1.28 bits per heavy atom. The number of rotatable bonds is 30. The Morgan fingerprint density at radius 3 is 1.84 bits per heavy atom. The van der Waals surface area contributed by atoms with E-state index in [-0.39, 0.29) is 19.1 Å². The molecular weight excluding hydrogens is 563 g/mol. The van der Waals surface area contributed by atoms with E-state index in [0.717, 1.165) is 38.5 Å². The lowest BCUT2D eigenvalue weighted by Gasteiger charge is -2.25. The molecule has 0 aromatic rings. The predicted molar refractivity (Wildman–Crippen MR) is 180 cm³/mol. The van der Waals surface area contributed by atoms with Gasteiger partial charge in [0, 0.05) is 6.42 Å². The van der Waals surface area contributed by atoms with Gasteiger partial charge in [0.15, 0.2) is 0 Å². The Balaban J connectivity index is 4.25. The molecule has 3 unspecified atom stereocenters. The lowest BCUT2D eigenvalue weighted by atomic mass is 10.1. The van der Waals surface area contributed by atoms with Crippen molar-refractivity contribution in [1.82, 2.24) is 5.32 Å². The first-order valence-corrected chi connectivity index (χ1v) is 18.7. The fourth-order valence-corrected chi connectivity index (χ4v) is 5.28. The molecule has 9 heteroatoms. The van der Waals surface area contributed by atoms with Crippen molar-refractivity contribution in [2.45, 2.75) is 148 Å². The average Bonchev–Trinajstić information content (AvgIpc) is 2.94. The molecule has 0 bridgehead atoms. The quantitative estimate of drug-likeness (QED) is 0.0319. The smallest absolute Gasteiger partial charge is 0.387 e. The van der Waals surface area contributed by atoms with Crippen LogP contribution in [0.25, 0.3) is 0 Å². The van der Waals surface area contributed by atoms with Gasteiger partial charge in [0.1, 0.15) is 13.2 Å². The Bertz CT molecular complexity index is 768. The predicted octanol–water partition coefficient (Wildman–Crippen LogP) is 8.24. The number of nitrogens with one attached hydrogen (secondary N) is 1. The summed E-state index contributed by atoms with van der Waals surface area (Å²) in [6, 6.07) is -0.840. The van der Waals surface area contributed by atoms with Crippen molar-refractivity contribution in [3.63, 3.8) is 0 Å². The standard InChI is InChI=1S/C34H67N2O6P/c1-6-8-10-12-13-14-15-16-17-18-19-20-21-22-23-24-26-28-34(38)35-32(33(37)27-25-11-9-7-2)31-42-43(39,40)41-30-29-36(3,4)5/h16-17,25,27,32-33,37H,6-15,18-24,26,28-31H2,1-5H3,(H-,35,38,39,40)/p+1/b17-16-,27-25+. The highest BCUT2D eigenvalue weighted by Crippen LogP contribution is 2.43. The molecule has 0 aliphatic carbocycles. The largest absolute Gasteiger partial charge is 0.472 e. The maximum Gasteiger partial charge on any atom is 0.472 e. The number of likely N-dealkylation sites (N-methyl/N-ethyl adjacent to an activating group) is 1. The molecule has 0 spiro atoms. The summed E-state index contributed by atoms with van der Waals surface area (Å²) in [6.07, 6.45) is 28.7. The number of carbonyl (C=O) groups is 1. The van der Waals surface area contributed by atoms with Crippen LogP contribution in [-0.2, 0) is 18.4 Å². The zero-order valence-electron chi connectivity index (χ0n) is 28.4. The minimum absolute atomic E-state index is 0.0597. The molecule has 0 rings (SSSR count). The molecule has 0 heterocycles. The fraction of sp³-hybridized carbons (Fsp3) is 0.853. The van der Waals surface area contributed by atoms with E-state index < -0.39 is 20.0 Å². The number of aliphatic hydroxyl groups is 1. The van der Waals surface area contributed by atoms with Gasteiger partial charge >= 0.3 is 7.82 Å². The normalized spacial score (nSPS) is 15.2. The molecule has 0 radical (unpaired) electrons. The third-order valence-corrected chi connectivity index (χ3v) is 8.40. The van der Waals surface area contributed by atoms with Gasteiger partial charge in [-0.15, -0.1) is 0 Å². The second kappa shape index (κ2) is 27.3. The fourth-order valence-electron chi connectivity index (χ4n) is 4.55. The average molecular weight is 632 g/mol. The van der Waals surface area contributed by atoms with E-state index in [9.17, 15) is 19.4 Å². The summed E-state index contributed by atoms with van der Waals surface area (Å²) < 4.78 is 23.2. The highest BCUT2D eigenvalue weighted by atomic mass is 31.2. The van der Waals surface area contributed by atoms with Crippen molar-refractivity contribution >= 4 is 13.7 Å². The van der Waals surface area contributed by atoms with Crippen molar-refractivity contribution in [3.8, 4) is 0 Å². The monoisotopic (exact) mass is 631 g/mol. The van der Waals surface area contributed by atoms with Crippen LogP contribution in [-0.4, -0.2) is 73.4 Å². The molecule has 1 amide bonds. The molecule has 0 aliphatic rings. The molecule has 8 nitrogen and oxygen atoms in total. The van der Waals surface area contributed by atoms with Gasteiger partial charge in [-0.05, 0) is 38.5 Å². The zero-order chi connectivity index (χ0) is 32.2. The minimum Gasteiger partial charge on any atom is -0.387 e. The molecule has 0 aromatic heterocycles. The van der Waals surface area contributed by atoms with Crippen molar-refractivity contribution in [2.75, 3.05) is 40.9 Å². The van der Waals surface area contributed by atoms with Gasteiger partial charge in [-0.1, -0.05) is 115 Å². The summed E-state index contributed by atoms with van der Waals surface area (Å²) in [5, 5.41) is 13.5. The van der Waals surface area contributed by atoms with Crippen LogP contribution in [0.1, 0.15) is 136 Å². The molecule has 0 fully saturated rings. The van der Waals surface area contributed by atoms with Crippen LogP contribution in [0.2, 0.25) is 0 Å². The van der Waals surface area contributed by atoms with Gasteiger partial charge < -0.3 is 19.8 Å². The maximum absolute atomic E-state index is 12.6. The third-order valence-electron chi connectivity index (χ3n) is 7.42. The van der Waals surface area contributed by atoms with Gasteiger partial charge in [-0.3, -0.25) is 13.8 Å². The number of phosphoric ester groups is 1. The summed E-state index contributed by atoms with van der Waals surface area (Å²) in [4.78, 5) is 22.7. The Kier molecular flexibility index (Phi) is 26.7. The maximum atomic E-state index is 12.6. The Hall–Kier alpha value is -1.02. The topological polar surface area (TPSA) is 105 Å². The molecular formula is C34H68N2O6P+. The summed E-state index contributed by atoms with van der Waals surface area (Å²) >= 11 is 0. The third kappa shape index (κ3) is 29.5. The molecule has 3 atom stereocenters. The van der Waals surface area contributed by atoms with Gasteiger partial charge in [0.05, 0.1) is 39.9 Å². The van der Waals surface area contributed by atoms with E-state index in [1.54, 1.807) is 6.08 Å². The number of aliphatic hydroxyl groups excluding tert-OH is 1. The summed E-state index contributed by atoms with van der Waals surface area (Å²) in [6.45, 7) is 4.62. The minimum atomic E-state index is -4.31. The van der Waals surface area contributed by atoms with Crippen LogP contribution in [0.3, 0.4) is 0 Å². The highest BCUT2D eigenvalue weighted by molar-refractivity contribution is 7.47. The first-order valence-electron chi connectivity index (χ1n) is 17.2. The van der Waals surface area contributed by atoms with Crippen LogP contribution in [0.4, 0.5) is 0 Å². The van der Waals surface area contributed by atoms with Gasteiger partial charge in [0.2, 0.25) is 5.91 Å². The van der Waals surface area contributed by atoms with Crippen LogP contribution < -0.4 is 5.32 Å². The Morgan fingerprint density at radius 1 is 0.767 bits per heavy atom. The lowest BCUT2D eigenvalue weighted by molar-refractivity contribution is -0.870. The first kappa shape index (κ1) is 42.0. The number of unbranched alkanes of at least 4 members (excludes halogenated alkanes) is 15. The van der Waals surface area contributed by atoms with Crippen LogP contribution in [0.5, 0.6) is 0 Å². The van der Waals surface area contributed by atoms with Gasteiger partial charge in [0.25, 0.3) is 0 Å². The lowest BCUT2D eigenvalue weighted by Crippen LogP contribution is -2.45. The van der Waals surface area contributed by atoms with E-state index in [1.165, 1.54) is 77.0 Å². The number of nitrogens with zero attached hydrogens (tertiary/aromatic N) is 1. The van der Waals surface area contributed by atoms with E-state index in [4.69, 9.17) is 9.05 Å². The second-order valence-electron chi connectivity index (χ2n) is 12.9. The van der Waals surface area contributed by atoms with Crippen LogP contribution in [0, 0.1) is 0 Å². The molecule has 0 aliphatic heterocycles. The van der Waals surface area contributed by atoms with Gasteiger partial charge in [-0.2, -0.15) is 0 Å².